The van der Waals surface area contributed by atoms with Crippen molar-refractivity contribution in [2.75, 3.05) is 0 Å². The van der Waals surface area contributed by atoms with Gasteiger partial charge >= 0.3 is 6.09 Å². The number of nitrogens with one attached hydrogen (secondary N) is 2. The van der Waals surface area contributed by atoms with E-state index < -0.39 is 11.1 Å². The van der Waals surface area contributed by atoms with Crippen molar-refractivity contribution in [1.29, 1.82) is 0 Å². The van der Waals surface area contributed by atoms with Crippen LogP contribution in [0.2, 0.25) is 0 Å². The summed E-state index contributed by atoms with van der Waals surface area (Å²) in [6, 6.07) is 10.3. The normalized spacial score (nSPS) is 16.8. The summed E-state index contributed by atoms with van der Waals surface area (Å²) in [6.07, 6.45) is 12.6. The number of aromatic amines is 1. The SMILES string of the molecule is Cc1c[nH]c(=O)c2cc(C3=CCCC=C3)c(-c3ccc(C4(NC(=O)OC(C)(C)C)CCC4)cc3)nc12. The highest BCUT2D eigenvalue weighted by Gasteiger charge is 2.41. The summed E-state index contributed by atoms with van der Waals surface area (Å²) in [4.78, 5) is 33.0. The van der Waals surface area contributed by atoms with E-state index in [1.54, 1.807) is 6.20 Å². The Morgan fingerprint density at radius 1 is 1.14 bits per heavy atom. The molecule has 2 heterocycles. The molecular formula is C30H33N3O3. The van der Waals surface area contributed by atoms with Crippen LogP contribution in [0.1, 0.15) is 69.6 Å². The summed E-state index contributed by atoms with van der Waals surface area (Å²) in [5, 5.41) is 3.73. The molecule has 0 aliphatic heterocycles. The van der Waals surface area contributed by atoms with E-state index in [9.17, 15) is 9.59 Å². The van der Waals surface area contributed by atoms with Gasteiger partial charge in [0.05, 0.1) is 22.1 Å². The number of pyridine rings is 2. The molecule has 6 nitrogen and oxygen atoms in total. The molecular weight excluding hydrogens is 450 g/mol. The summed E-state index contributed by atoms with van der Waals surface area (Å²) < 4.78 is 5.53. The average molecular weight is 484 g/mol. The van der Waals surface area contributed by atoms with Gasteiger partial charge in [-0.05, 0) is 82.6 Å². The topological polar surface area (TPSA) is 84.1 Å². The molecule has 1 amide bonds. The maximum absolute atomic E-state index is 12.6. The molecule has 1 aromatic carbocycles. The van der Waals surface area contributed by atoms with Gasteiger partial charge in [0.25, 0.3) is 5.56 Å². The van der Waals surface area contributed by atoms with Crippen LogP contribution in [0, 0.1) is 6.92 Å². The lowest BCUT2D eigenvalue weighted by Crippen LogP contribution is -2.52. The Kier molecular flexibility index (Phi) is 6.07. The first kappa shape index (κ1) is 24.0. The van der Waals surface area contributed by atoms with Crippen LogP contribution in [0.25, 0.3) is 27.7 Å². The summed E-state index contributed by atoms with van der Waals surface area (Å²) in [5.41, 5.74) is 5.48. The Morgan fingerprint density at radius 3 is 2.50 bits per heavy atom. The molecule has 3 aromatic rings. The second-order valence-electron chi connectivity index (χ2n) is 10.9. The molecule has 0 unspecified atom stereocenters. The summed E-state index contributed by atoms with van der Waals surface area (Å²) in [7, 11) is 0. The van der Waals surface area contributed by atoms with Crippen molar-refractivity contribution in [3.8, 4) is 11.3 Å². The molecule has 1 saturated carbocycles. The standard InChI is InChI=1S/C30H33N3O3/c1-19-18-31-27(34)24-17-23(20-9-6-5-7-10-20)26(32-25(19)24)21-11-13-22(14-12-21)30(15-8-16-30)33-28(35)36-29(2,3)4/h6,9-14,17-18H,5,7-8,15-16H2,1-4H3,(H,31,34)(H,33,35). The third-order valence-electron chi connectivity index (χ3n) is 7.02. The number of rotatable bonds is 4. The van der Waals surface area contributed by atoms with E-state index in [2.05, 4.69) is 52.8 Å². The number of allylic oxidation sites excluding steroid dienone is 4. The van der Waals surface area contributed by atoms with Gasteiger partial charge in [-0.1, -0.05) is 42.5 Å². The smallest absolute Gasteiger partial charge is 0.408 e. The molecule has 6 heteroatoms. The Hall–Kier alpha value is -3.67. The van der Waals surface area contributed by atoms with Gasteiger partial charge in [-0.2, -0.15) is 0 Å². The Morgan fingerprint density at radius 2 is 1.89 bits per heavy atom. The lowest BCUT2D eigenvalue weighted by atomic mass is 9.71. The molecule has 36 heavy (non-hydrogen) atoms. The number of alkyl carbamates (subject to hydrolysis) is 1. The minimum Gasteiger partial charge on any atom is -0.444 e. The maximum Gasteiger partial charge on any atom is 0.408 e. The van der Waals surface area contributed by atoms with Crippen LogP contribution in [0.3, 0.4) is 0 Å². The van der Waals surface area contributed by atoms with Crippen molar-refractivity contribution in [3.63, 3.8) is 0 Å². The number of hydrogen-bond acceptors (Lipinski definition) is 4. The third-order valence-corrected chi connectivity index (χ3v) is 7.02. The molecule has 0 saturated heterocycles. The zero-order valence-corrected chi connectivity index (χ0v) is 21.4. The quantitative estimate of drug-likeness (QED) is 0.441. The molecule has 0 spiro atoms. The van der Waals surface area contributed by atoms with Gasteiger partial charge in [0, 0.05) is 17.3 Å². The van der Waals surface area contributed by atoms with E-state index >= 15 is 0 Å². The van der Waals surface area contributed by atoms with Gasteiger partial charge in [-0.3, -0.25) is 4.79 Å². The van der Waals surface area contributed by atoms with Crippen molar-refractivity contribution >= 4 is 22.6 Å². The summed E-state index contributed by atoms with van der Waals surface area (Å²) in [6.45, 7) is 7.57. The van der Waals surface area contributed by atoms with Crippen LogP contribution < -0.4 is 10.9 Å². The largest absolute Gasteiger partial charge is 0.444 e. The molecule has 5 rings (SSSR count). The van der Waals surface area contributed by atoms with Gasteiger partial charge in [0.1, 0.15) is 5.60 Å². The predicted molar refractivity (Wildman–Crippen MR) is 144 cm³/mol. The van der Waals surface area contributed by atoms with Gasteiger partial charge in [0.15, 0.2) is 0 Å². The molecule has 2 aliphatic rings. The number of ether oxygens (including phenoxy) is 1. The van der Waals surface area contributed by atoms with Gasteiger partial charge < -0.3 is 15.0 Å². The Labute approximate surface area is 211 Å². The lowest BCUT2D eigenvalue weighted by molar-refractivity contribution is 0.0377. The number of benzene rings is 1. The van der Waals surface area contributed by atoms with Crippen molar-refractivity contribution in [3.05, 3.63) is 81.8 Å². The maximum atomic E-state index is 12.6. The van der Waals surface area contributed by atoms with E-state index in [-0.39, 0.29) is 11.7 Å². The molecule has 0 bridgehead atoms. The van der Waals surface area contributed by atoms with E-state index in [0.717, 1.165) is 65.6 Å². The number of carbonyl (C=O) groups excluding carboxylic acids is 1. The number of hydrogen-bond donors (Lipinski definition) is 2. The van der Waals surface area contributed by atoms with Crippen LogP contribution >= 0.6 is 0 Å². The fourth-order valence-corrected chi connectivity index (χ4v) is 5.02. The minimum absolute atomic E-state index is 0.133. The highest BCUT2D eigenvalue weighted by molar-refractivity contribution is 5.92. The Balaban J connectivity index is 1.55. The number of aryl methyl sites for hydroxylation is 1. The van der Waals surface area contributed by atoms with Gasteiger partial charge in [0.2, 0.25) is 0 Å². The molecule has 0 radical (unpaired) electrons. The van der Waals surface area contributed by atoms with Crippen molar-refractivity contribution < 1.29 is 9.53 Å². The molecule has 2 N–H and O–H groups in total. The molecule has 186 valence electrons. The first-order valence-corrected chi connectivity index (χ1v) is 12.7. The fraction of sp³-hybridized carbons (Fsp3) is 0.367. The highest BCUT2D eigenvalue weighted by atomic mass is 16.6. The van der Waals surface area contributed by atoms with Crippen LogP contribution in [0.4, 0.5) is 4.79 Å². The van der Waals surface area contributed by atoms with Crippen molar-refractivity contribution in [1.82, 2.24) is 15.3 Å². The van der Waals surface area contributed by atoms with Gasteiger partial charge in [-0.25, -0.2) is 9.78 Å². The zero-order chi connectivity index (χ0) is 25.5. The number of aromatic nitrogens is 2. The minimum atomic E-state index is -0.543. The van der Waals surface area contributed by atoms with Crippen LogP contribution in [0.15, 0.2) is 59.6 Å². The predicted octanol–water partition coefficient (Wildman–Crippen LogP) is 6.54. The number of carbonyl (C=O) groups is 1. The molecule has 2 aromatic heterocycles. The number of amides is 1. The van der Waals surface area contributed by atoms with Crippen LogP contribution in [-0.2, 0) is 10.3 Å². The monoisotopic (exact) mass is 483 g/mol. The molecule has 0 atom stereocenters. The Bertz CT molecular complexity index is 1440. The lowest BCUT2D eigenvalue weighted by Gasteiger charge is -2.43. The van der Waals surface area contributed by atoms with E-state index in [1.807, 2.05) is 33.8 Å². The van der Waals surface area contributed by atoms with Crippen molar-refractivity contribution in [2.45, 2.75) is 70.9 Å². The molecule has 2 aliphatic carbocycles. The van der Waals surface area contributed by atoms with E-state index in [1.165, 1.54) is 0 Å². The highest BCUT2D eigenvalue weighted by Crippen LogP contribution is 2.42. The molecule has 1 fully saturated rings. The first-order valence-electron chi connectivity index (χ1n) is 12.7. The number of fused-ring (bicyclic) bond motifs is 1. The zero-order valence-electron chi connectivity index (χ0n) is 21.4. The van der Waals surface area contributed by atoms with Gasteiger partial charge in [-0.15, -0.1) is 0 Å². The van der Waals surface area contributed by atoms with Crippen molar-refractivity contribution in [2.24, 2.45) is 0 Å². The fourth-order valence-electron chi connectivity index (χ4n) is 5.02. The van der Waals surface area contributed by atoms with Crippen LogP contribution in [-0.4, -0.2) is 21.7 Å². The average Bonchev–Trinajstić information content (AvgIpc) is 2.83. The second-order valence-corrected chi connectivity index (χ2v) is 10.9. The van der Waals surface area contributed by atoms with E-state index in [0.29, 0.717) is 10.9 Å². The number of H-pyrrole nitrogens is 1. The summed E-state index contributed by atoms with van der Waals surface area (Å²) in [5.74, 6) is 0. The first-order chi connectivity index (χ1) is 17.2. The van der Waals surface area contributed by atoms with E-state index in [4.69, 9.17) is 9.72 Å². The van der Waals surface area contributed by atoms with Crippen LogP contribution in [0.5, 0.6) is 0 Å². The third kappa shape index (κ3) is 4.60. The second kappa shape index (κ2) is 9.08. The summed E-state index contributed by atoms with van der Waals surface area (Å²) >= 11 is 0. The number of nitrogens with zero attached hydrogens (tertiary/aromatic N) is 1.